The summed E-state index contributed by atoms with van der Waals surface area (Å²) in [6.07, 6.45) is 16.4. The minimum Gasteiger partial charge on any atom is -0.131 e. The van der Waals surface area contributed by atoms with Crippen LogP contribution in [-0.2, 0) is 0 Å². The highest BCUT2D eigenvalue weighted by molar-refractivity contribution is 7.57. The van der Waals surface area contributed by atoms with Crippen LogP contribution in [0.3, 0.4) is 0 Å². The molecule has 0 saturated carbocycles. The first-order chi connectivity index (χ1) is 11.6. The second kappa shape index (κ2) is 13.0. The molecule has 0 aliphatic rings. The minimum absolute atomic E-state index is 0.172. The highest BCUT2D eigenvalue weighted by Crippen LogP contribution is 2.47. The van der Waals surface area contributed by atoms with Gasteiger partial charge in [-0.15, -0.1) is 35.6 Å². The lowest BCUT2D eigenvalue weighted by Crippen LogP contribution is -2.24. The molecule has 0 heterocycles. The lowest BCUT2D eigenvalue weighted by molar-refractivity contribution is 0.520. The van der Waals surface area contributed by atoms with Crippen LogP contribution in [0.1, 0.15) is 99.3 Å². The summed E-state index contributed by atoms with van der Waals surface area (Å²) in [7, 11) is 9.76. The van der Waals surface area contributed by atoms with Crippen molar-refractivity contribution in [3.8, 4) is 0 Å². The van der Waals surface area contributed by atoms with Crippen LogP contribution in [0, 0.1) is 0 Å². The van der Waals surface area contributed by atoms with E-state index >= 15 is 0 Å². The van der Waals surface area contributed by atoms with E-state index in [2.05, 4.69) is 69.3 Å². The molecule has 0 aromatic carbocycles. The Morgan fingerprint density at radius 2 is 0.680 bits per heavy atom. The molecule has 0 bridgehead atoms. The van der Waals surface area contributed by atoms with Crippen molar-refractivity contribution in [1.82, 2.24) is 0 Å². The molecule has 0 rings (SSSR count). The summed E-state index contributed by atoms with van der Waals surface area (Å²) < 4.78 is 0. The number of rotatable bonds is 15. The van der Waals surface area contributed by atoms with Gasteiger partial charge in [-0.25, -0.2) is 0 Å². The van der Waals surface area contributed by atoms with Crippen LogP contribution >= 0.6 is 35.6 Å². The molecule has 0 aliphatic carbocycles. The zero-order valence-electron chi connectivity index (χ0n) is 18.2. The van der Waals surface area contributed by atoms with E-state index in [4.69, 9.17) is 0 Å². The van der Waals surface area contributed by atoms with Gasteiger partial charge in [-0.1, -0.05) is 41.5 Å². The molecule has 25 heavy (non-hydrogen) atoms. The van der Waals surface area contributed by atoms with Gasteiger partial charge in [0.25, 0.3) is 0 Å². The summed E-state index contributed by atoms with van der Waals surface area (Å²) in [5, 5.41) is 1.46. The summed E-state index contributed by atoms with van der Waals surface area (Å²) in [6.45, 7) is 14.2. The number of hydrogen-bond acceptors (Lipinski definition) is 0. The Balaban J connectivity index is 4.86. The molecule has 0 aromatic rings. The van der Waals surface area contributed by atoms with Crippen LogP contribution in [0.4, 0.5) is 0 Å². The summed E-state index contributed by atoms with van der Waals surface area (Å²) in [5.74, 6) is 0. The predicted molar refractivity (Wildman–Crippen MR) is 134 cm³/mol. The smallest absolute Gasteiger partial charge is 0.0152 e. The first-order valence-electron chi connectivity index (χ1n) is 10.7. The molecule has 152 valence electrons. The zero-order chi connectivity index (χ0) is 19.6. The van der Waals surface area contributed by atoms with Gasteiger partial charge in [-0.05, 0) is 91.7 Å². The molecule has 0 saturated heterocycles. The maximum absolute atomic E-state index is 3.19. The molecule has 0 amide bonds. The van der Waals surface area contributed by atoms with Gasteiger partial charge < -0.3 is 0 Å². The van der Waals surface area contributed by atoms with E-state index in [0.29, 0.717) is 15.5 Å². The Kier molecular flexibility index (Phi) is 13.9. The largest absolute Gasteiger partial charge is 0.131 e. The van der Waals surface area contributed by atoms with Gasteiger partial charge in [0.05, 0.1) is 0 Å². The molecule has 0 aromatic heterocycles. The Morgan fingerprint density at radius 1 is 0.480 bits per heavy atom. The predicted octanol–water partition coefficient (Wildman–Crippen LogP) is 7.94. The highest BCUT2D eigenvalue weighted by Gasteiger charge is 2.27. The van der Waals surface area contributed by atoms with Gasteiger partial charge >= 0.3 is 0 Å². The van der Waals surface area contributed by atoms with E-state index in [9.17, 15) is 0 Å². The zero-order valence-corrected chi connectivity index (χ0v) is 22.5. The van der Waals surface area contributed by atoms with E-state index in [1.54, 1.807) is 0 Å². The molecule has 0 fully saturated rings. The fourth-order valence-corrected chi connectivity index (χ4v) is 7.41. The lowest BCUT2D eigenvalue weighted by Gasteiger charge is -2.34. The molecule has 4 heteroatoms. The first kappa shape index (κ1) is 26.7. The van der Waals surface area contributed by atoms with Gasteiger partial charge in [0, 0.05) is 0 Å². The second-order valence-corrected chi connectivity index (χ2v) is 14.7. The Labute approximate surface area is 169 Å². The summed E-state index contributed by atoms with van der Waals surface area (Å²) in [5.41, 5.74) is 0. The van der Waals surface area contributed by atoms with Crippen molar-refractivity contribution >= 4 is 35.6 Å². The Morgan fingerprint density at radius 3 is 0.840 bits per heavy atom. The van der Waals surface area contributed by atoms with Crippen LogP contribution in [0.2, 0.25) is 0 Å². The second-order valence-electron chi connectivity index (χ2n) is 8.30. The molecule has 0 aliphatic heterocycles. The maximum Gasteiger partial charge on any atom is -0.0152 e. The highest BCUT2D eigenvalue weighted by atomic mass is 31.1. The molecule has 0 N–H and O–H groups in total. The van der Waals surface area contributed by atoms with Crippen LogP contribution in [0.15, 0.2) is 0 Å². The monoisotopic (exact) mass is 424 g/mol. The van der Waals surface area contributed by atoms with Crippen molar-refractivity contribution in [2.45, 2.75) is 115 Å². The van der Waals surface area contributed by atoms with Gasteiger partial charge in [0.15, 0.2) is 0 Å². The van der Waals surface area contributed by atoms with Gasteiger partial charge in [-0.3, -0.25) is 0 Å². The SMILES string of the molecule is CCC(P)(CC)CCP(CCC(P)(CC)CC)CCC(P)(CC)CC. The van der Waals surface area contributed by atoms with Crippen LogP contribution in [0.25, 0.3) is 0 Å². The summed E-state index contributed by atoms with van der Waals surface area (Å²) in [4.78, 5) is 0. The van der Waals surface area contributed by atoms with Gasteiger partial charge in [0.1, 0.15) is 0 Å². The summed E-state index contributed by atoms with van der Waals surface area (Å²) >= 11 is 0. The first-order valence-corrected chi connectivity index (χ1v) is 14.4. The van der Waals surface area contributed by atoms with Gasteiger partial charge in [-0.2, -0.15) is 0 Å². The standard InChI is InChI=1S/C21H48P4/c1-7-19(22,8-2)13-16-25(17-14-20(23,9-3)10-4)18-15-21(24,11-5)12-6/h7-18,22-24H2,1-6H3. The topological polar surface area (TPSA) is 0 Å². The quantitative estimate of drug-likeness (QED) is 0.234. The minimum atomic E-state index is 0.172. The molecular weight excluding hydrogens is 376 g/mol. The molecule has 0 radical (unpaired) electrons. The average molecular weight is 425 g/mol. The van der Waals surface area contributed by atoms with E-state index in [1.165, 1.54) is 76.3 Å². The average Bonchev–Trinajstić information content (AvgIpc) is 2.66. The molecule has 0 spiro atoms. The van der Waals surface area contributed by atoms with Gasteiger partial charge in [0.2, 0.25) is 0 Å². The van der Waals surface area contributed by atoms with E-state index < -0.39 is 0 Å². The van der Waals surface area contributed by atoms with Crippen molar-refractivity contribution in [2.75, 3.05) is 18.5 Å². The fourth-order valence-electron chi connectivity index (χ4n) is 3.29. The number of hydrogen-bond donors (Lipinski definition) is 0. The van der Waals surface area contributed by atoms with E-state index in [0.717, 1.165) is 0 Å². The molecule has 0 nitrogen and oxygen atoms in total. The van der Waals surface area contributed by atoms with Crippen LogP contribution in [-0.4, -0.2) is 34.0 Å². The molecular formula is C21H48P4. The summed E-state index contributed by atoms with van der Waals surface area (Å²) in [6, 6.07) is 0. The van der Waals surface area contributed by atoms with Crippen LogP contribution in [0.5, 0.6) is 0 Å². The third kappa shape index (κ3) is 10.2. The van der Waals surface area contributed by atoms with Crippen molar-refractivity contribution < 1.29 is 0 Å². The van der Waals surface area contributed by atoms with Crippen LogP contribution < -0.4 is 0 Å². The molecule has 3 atom stereocenters. The fraction of sp³-hybridized carbons (Fsp3) is 1.00. The Bertz CT molecular complexity index is 278. The maximum atomic E-state index is 3.19. The third-order valence-electron chi connectivity index (χ3n) is 7.00. The van der Waals surface area contributed by atoms with Crippen molar-refractivity contribution in [2.24, 2.45) is 0 Å². The lowest BCUT2D eigenvalue weighted by atomic mass is 9.99. The molecule has 3 unspecified atom stereocenters. The third-order valence-corrected chi connectivity index (χ3v) is 12.9. The van der Waals surface area contributed by atoms with Crippen molar-refractivity contribution in [3.63, 3.8) is 0 Å². The van der Waals surface area contributed by atoms with Crippen molar-refractivity contribution in [3.05, 3.63) is 0 Å². The van der Waals surface area contributed by atoms with E-state index in [-0.39, 0.29) is 7.92 Å². The van der Waals surface area contributed by atoms with E-state index in [1.807, 2.05) is 0 Å². The Hall–Kier alpha value is 1.72. The van der Waals surface area contributed by atoms with Crippen molar-refractivity contribution in [1.29, 1.82) is 0 Å². The normalized spacial score (nSPS) is 13.7.